The van der Waals surface area contributed by atoms with Crippen molar-refractivity contribution in [2.24, 2.45) is 4.99 Å². The van der Waals surface area contributed by atoms with E-state index in [1.165, 1.54) is 24.3 Å². The molecular weight excluding hydrogens is 400 g/mol. The van der Waals surface area contributed by atoms with Crippen molar-refractivity contribution in [3.05, 3.63) is 77.2 Å². The predicted molar refractivity (Wildman–Crippen MR) is 115 cm³/mol. The summed E-state index contributed by atoms with van der Waals surface area (Å²) in [4.78, 5) is 16.4. The number of aliphatic imine (C=N–C) groups is 1. The molecule has 5 rings (SSSR count). The largest absolute Gasteiger partial charge is 0.378 e. The Morgan fingerprint density at radius 2 is 1.74 bits per heavy atom. The van der Waals surface area contributed by atoms with Crippen molar-refractivity contribution < 1.29 is 13.5 Å². The molecule has 0 amide bonds. The van der Waals surface area contributed by atoms with Crippen LogP contribution in [0.3, 0.4) is 0 Å². The summed E-state index contributed by atoms with van der Waals surface area (Å²) in [5.41, 5.74) is 2.97. The lowest BCUT2D eigenvalue weighted by molar-refractivity contribution is 0.122. The van der Waals surface area contributed by atoms with Gasteiger partial charge in [0.1, 0.15) is 29.0 Å². The summed E-state index contributed by atoms with van der Waals surface area (Å²) in [6.45, 7) is 2.67. The van der Waals surface area contributed by atoms with Gasteiger partial charge in [0.05, 0.1) is 25.3 Å². The number of hydrogen-bond acceptors (Lipinski definition) is 6. The maximum absolute atomic E-state index is 13.6. The van der Waals surface area contributed by atoms with Crippen molar-refractivity contribution in [3.8, 4) is 0 Å². The molecule has 2 aromatic carbocycles. The maximum Gasteiger partial charge on any atom is 0.158 e. The third-order valence-corrected chi connectivity index (χ3v) is 5.24. The van der Waals surface area contributed by atoms with Crippen LogP contribution < -0.4 is 10.2 Å². The van der Waals surface area contributed by atoms with Crippen molar-refractivity contribution in [2.45, 2.75) is 12.8 Å². The first-order chi connectivity index (χ1) is 15.1. The number of morpholine rings is 1. The second kappa shape index (κ2) is 8.39. The van der Waals surface area contributed by atoms with E-state index in [4.69, 9.17) is 19.7 Å². The molecule has 1 saturated heterocycles. The fraction of sp³-hybridized carbons (Fsp3) is 0.261. The zero-order valence-corrected chi connectivity index (χ0v) is 16.8. The number of rotatable bonds is 4. The van der Waals surface area contributed by atoms with E-state index in [0.29, 0.717) is 56.5 Å². The highest BCUT2D eigenvalue weighted by Crippen LogP contribution is 2.35. The molecule has 0 aliphatic carbocycles. The Morgan fingerprint density at radius 1 is 0.968 bits per heavy atom. The highest BCUT2D eigenvalue weighted by molar-refractivity contribution is 6.02. The fourth-order valence-corrected chi connectivity index (χ4v) is 3.82. The van der Waals surface area contributed by atoms with E-state index in [9.17, 15) is 8.78 Å². The average Bonchev–Trinajstić information content (AvgIpc) is 3.16. The van der Waals surface area contributed by atoms with Crippen LogP contribution in [-0.2, 0) is 17.6 Å². The summed E-state index contributed by atoms with van der Waals surface area (Å²) in [6, 6.07) is 12.7. The van der Waals surface area contributed by atoms with Gasteiger partial charge in [-0.1, -0.05) is 18.2 Å². The molecule has 0 unspecified atom stereocenters. The normalized spacial score (nSPS) is 15.5. The van der Waals surface area contributed by atoms with Crippen LogP contribution in [0.1, 0.15) is 17.1 Å². The zero-order valence-electron chi connectivity index (χ0n) is 16.8. The van der Waals surface area contributed by atoms with Crippen LogP contribution >= 0.6 is 0 Å². The smallest absolute Gasteiger partial charge is 0.158 e. The molecule has 3 aromatic rings. The minimum Gasteiger partial charge on any atom is -0.378 e. The van der Waals surface area contributed by atoms with E-state index in [1.807, 2.05) is 6.07 Å². The second-order valence-electron chi connectivity index (χ2n) is 7.54. The molecule has 31 heavy (non-hydrogen) atoms. The molecule has 0 spiro atoms. The van der Waals surface area contributed by atoms with Gasteiger partial charge in [-0.15, -0.1) is 0 Å². The Bertz CT molecular complexity index is 1140. The van der Waals surface area contributed by atoms with Gasteiger partial charge in [0.15, 0.2) is 5.82 Å². The molecule has 0 atom stereocenters. The number of nitrogens with zero attached hydrogens (tertiary/aromatic N) is 4. The summed E-state index contributed by atoms with van der Waals surface area (Å²) < 4.78 is 32.7. The van der Waals surface area contributed by atoms with E-state index in [0.717, 1.165) is 22.8 Å². The van der Waals surface area contributed by atoms with Gasteiger partial charge < -0.3 is 15.0 Å². The van der Waals surface area contributed by atoms with Crippen LogP contribution in [0.2, 0.25) is 0 Å². The van der Waals surface area contributed by atoms with Gasteiger partial charge in [0.2, 0.25) is 0 Å². The summed E-state index contributed by atoms with van der Waals surface area (Å²) in [7, 11) is 0. The molecule has 3 heterocycles. The second-order valence-corrected chi connectivity index (χ2v) is 7.54. The number of nitrogens with one attached hydrogen (secondary N) is 1. The number of anilines is 2. The minimum absolute atomic E-state index is 0.281. The van der Waals surface area contributed by atoms with E-state index in [-0.39, 0.29) is 11.6 Å². The Balaban J connectivity index is 1.47. The molecule has 6 nitrogen and oxygen atoms in total. The van der Waals surface area contributed by atoms with Gasteiger partial charge in [0.25, 0.3) is 0 Å². The molecular formula is C23H21F2N5O. The first kappa shape index (κ1) is 19.6. The molecule has 1 fully saturated rings. The molecule has 158 valence electrons. The predicted octanol–water partition coefficient (Wildman–Crippen LogP) is 3.88. The van der Waals surface area contributed by atoms with Gasteiger partial charge in [-0.2, -0.15) is 0 Å². The molecule has 0 radical (unpaired) electrons. The van der Waals surface area contributed by atoms with Gasteiger partial charge in [0, 0.05) is 25.2 Å². The quantitative estimate of drug-likeness (QED) is 0.693. The maximum atomic E-state index is 13.6. The first-order valence-electron chi connectivity index (χ1n) is 10.2. The molecule has 2 aliphatic heterocycles. The molecule has 8 heteroatoms. The van der Waals surface area contributed by atoms with Crippen molar-refractivity contribution in [3.63, 3.8) is 0 Å². The Labute approximate surface area is 178 Å². The van der Waals surface area contributed by atoms with Gasteiger partial charge in [-0.25, -0.2) is 23.7 Å². The van der Waals surface area contributed by atoms with Gasteiger partial charge >= 0.3 is 0 Å². The average molecular weight is 421 g/mol. The van der Waals surface area contributed by atoms with Crippen molar-refractivity contribution in [1.29, 1.82) is 0 Å². The number of aromatic nitrogens is 2. The van der Waals surface area contributed by atoms with E-state index < -0.39 is 0 Å². The van der Waals surface area contributed by atoms with Crippen LogP contribution in [0.4, 0.5) is 26.0 Å². The summed E-state index contributed by atoms with van der Waals surface area (Å²) in [5.74, 6) is 1.47. The standard InChI is InChI=1S/C23H21F2N5O/c24-16-4-1-3-15(11-16)12-20-27-19-14-21(26-18-6-2-5-17(25)13-18)28-22(19)23(29-20)30-7-9-31-10-8-30/h1-6,11,13H,7-10,12,14H2,(H,26,28). The fourth-order valence-electron chi connectivity index (χ4n) is 3.82. The van der Waals surface area contributed by atoms with E-state index in [1.54, 1.807) is 18.2 Å². The van der Waals surface area contributed by atoms with Crippen LogP contribution in [0.15, 0.2) is 53.5 Å². The number of hydrogen-bond donors (Lipinski definition) is 1. The number of ether oxygens (including phenoxy) is 1. The van der Waals surface area contributed by atoms with Gasteiger partial charge in [-0.3, -0.25) is 0 Å². The highest BCUT2D eigenvalue weighted by atomic mass is 19.1. The molecule has 1 aromatic heterocycles. The molecule has 0 bridgehead atoms. The van der Waals surface area contributed by atoms with Crippen molar-refractivity contribution in [2.75, 3.05) is 36.5 Å². The SMILES string of the molecule is Fc1cccc(Cc2nc3c(c(N4CCOCC4)n2)N=C(Nc2cccc(F)c2)C3)c1. The van der Waals surface area contributed by atoms with Crippen molar-refractivity contribution in [1.82, 2.24) is 9.97 Å². The zero-order chi connectivity index (χ0) is 21.2. The van der Waals surface area contributed by atoms with E-state index >= 15 is 0 Å². The Kier molecular flexibility index (Phi) is 5.30. The number of fused-ring (bicyclic) bond motifs is 1. The number of halogens is 2. The van der Waals surface area contributed by atoms with Crippen LogP contribution in [0.5, 0.6) is 0 Å². The molecule has 1 N–H and O–H groups in total. The monoisotopic (exact) mass is 421 g/mol. The Hall–Kier alpha value is -3.39. The number of benzene rings is 2. The topological polar surface area (TPSA) is 62.6 Å². The number of amidine groups is 1. The Morgan fingerprint density at radius 3 is 2.52 bits per heavy atom. The first-order valence-corrected chi connectivity index (χ1v) is 10.2. The highest BCUT2D eigenvalue weighted by Gasteiger charge is 2.26. The third kappa shape index (κ3) is 4.39. The molecule has 2 aliphatic rings. The lowest BCUT2D eigenvalue weighted by atomic mass is 10.1. The van der Waals surface area contributed by atoms with E-state index in [2.05, 4.69) is 10.2 Å². The van der Waals surface area contributed by atoms with Crippen LogP contribution in [0.25, 0.3) is 0 Å². The summed E-state index contributed by atoms with van der Waals surface area (Å²) in [5, 5.41) is 3.18. The molecule has 0 saturated carbocycles. The van der Waals surface area contributed by atoms with Crippen LogP contribution in [0, 0.1) is 11.6 Å². The summed E-state index contributed by atoms with van der Waals surface area (Å²) >= 11 is 0. The minimum atomic E-state index is -0.313. The third-order valence-electron chi connectivity index (χ3n) is 5.24. The summed E-state index contributed by atoms with van der Waals surface area (Å²) in [6.07, 6.45) is 0.914. The lowest BCUT2D eigenvalue weighted by Gasteiger charge is -2.28. The lowest BCUT2D eigenvalue weighted by Crippen LogP contribution is -2.37. The van der Waals surface area contributed by atoms with Crippen LogP contribution in [-0.4, -0.2) is 42.1 Å². The van der Waals surface area contributed by atoms with Crippen molar-refractivity contribution >= 4 is 23.0 Å². The van der Waals surface area contributed by atoms with Gasteiger partial charge in [-0.05, 0) is 35.9 Å².